The van der Waals surface area contributed by atoms with Crippen LogP contribution in [0.25, 0.3) is 0 Å². The van der Waals surface area contributed by atoms with Crippen molar-refractivity contribution in [3.05, 3.63) is 42.8 Å². The van der Waals surface area contributed by atoms with Gasteiger partial charge in [0.2, 0.25) is 5.91 Å². The van der Waals surface area contributed by atoms with E-state index >= 15 is 0 Å². The van der Waals surface area contributed by atoms with E-state index in [1.54, 1.807) is 18.3 Å². The highest BCUT2D eigenvalue weighted by Gasteiger charge is 2.20. The smallest absolute Gasteiger partial charge is 0.241 e. The molecule has 2 aromatic rings. The normalized spacial score (nSPS) is 13.6. The molecule has 1 heterocycles. The highest BCUT2D eigenvalue weighted by atomic mass is 35.5. The highest BCUT2D eigenvalue weighted by Crippen LogP contribution is 2.32. The molecule has 1 aromatic carbocycles. The third-order valence-corrected chi connectivity index (χ3v) is 5.78. The number of aryl methyl sites for hydroxylation is 2. The lowest BCUT2D eigenvalue weighted by Crippen LogP contribution is -2.39. The molecule has 2 rings (SSSR count). The quantitative estimate of drug-likeness (QED) is 0.654. The van der Waals surface area contributed by atoms with Gasteiger partial charge in [-0.05, 0) is 39.8 Å². The van der Waals surface area contributed by atoms with Crippen LogP contribution >= 0.6 is 46.1 Å². The van der Waals surface area contributed by atoms with Gasteiger partial charge in [0, 0.05) is 10.9 Å². The first-order valence-electron chi connectivity index (χ1n) is 7.34. The van der Waals surface area contributed by atoms with Crippen LogP contribution in [0.5, 0.6) is 0 Å². The summed E-state index contributed by atoms with van der Waals surface area (Å²) in [5.74, 6) is -0.207. The molecule has 24 heavy (non-hydrogen) atoms. The predicted molar refractivity (Wildman–Crippen MR) is 103 cm³/mol. The SMILES string of the molecule is Cc1nc(C)c(C(C)NC(C)C(=O)Nc2cc(Cl)c(Cl)cc2Cl)s1. The fourth-order valence-corrected chi connectivity index (χ4v) is 3.87. The molecule has 0 spiro atoms. The molecule has 2 atom stereocenters. The van der Waals surface area contributed by atoms with Gasteiger partial charge in [-0.15, -0.1) is 11.3 Å². The van der Waals surface area contributed by atoms with Crippen molar-refractivity contribution in [2.75, 3.05) is 5.32 Å². The first kappa shape index (κ1) is 19.5. The second-order valence-corrected chi connectivity index (χ2v) is 7.98. The Morgan fingerprint density at radius 1 is 1.12 bits per heavy atom. The van der Waals surface area contributed by atoms with E-state index in [9.17, 15) is 4.79 Å². The third kappa shape index (κ3) is 4.61. The van der Waals surface area contributed by atoms with Crippen LogP contribution in [0.2, 0.25) is 15.1 Å². The van der Waals surface area contributed by atoms with E-state index in [4.69, 9.17) is 34.8 Å². The van der Waals surface area contributed by atoms with E-state index in [0.29, 0.717) is 20.8 Å². The van der Waals surface area contributed by atoms with Crippen LogP contribution in [0.3, 0.4) is 0 Å². The summed E-state index contributed by atoms with van der Waals surface area (Å²) in [5, 5.41) is 8.07. The van der Waals surface area contributed by atoms with Crippen molar-refractivity contribution >= 4 is 57.7 Å². The zero-order valence-electron chi connectivity index (χ0n) is 13.7. The Kier molecular flexibility index (Phi) is 6.51. The Morgan fingerprint density at radius 2 is 1.75 bits per heavy atom. The molecule has 0 saturated carbocycles. The number of carbonyl (C=O) groups is 1. The summed E-state index contributed by atoms with van der Waals surface area (Å²) in [6.07, 6.45) is 0. The number of hydrogen-bond donors (Lipinski definition) is 2. The largest absolute Gasteiger partial charge is 0.323 e. The predicted octanol–water partition coefficient (Wildman–Crippen LogP) is 5.40. The van der Waals surface area contributed by atoms with E-state index < -0.39 is 6.04 Å². The summed E-state index contributed by atoms with van der Waals surface area (Å²) in [6, 6.07) is 2.64. The number of amides is 1. The van der Waals surface area contributed by atoms with Crippen LogP contribution in [-0.2, 0) is 4.79 Å². The summed E-state index contributed by atoms with van der Waals surface area (Å²) < 4.78 is 0. The minimum absolute atomic E-state index is 0.0150. The van der Waals surface area contributed by atoms with Gasteiger partial charge in [0.05, 0.1) is 37.5 Å². The number of anilines is 1. The van der Waals surface area contributed by atoms with Gasteiger partial charge in [0.25, 0.3) is 0 Å². The molecule has 0 bridgehead atoms. The molecule has 2 N–H and O–H groups in total. The van der Waals surface area contributed by atoms with Crippen LogP contribution in [0.4, 0.5) is 5.69 Å². The Morgan fingerprint density at radius 3 is 2.33 bits per heavy atom. The fourth-order valence-electron chi connectivity index (χ4n) is 2.33. The number of halogens is 3. The average molecular weight is 407 g/mol. The topological polar surface area (TPSA) is 54.0 Å². The molecular weight excluding hydrogens is 389 g/mol. The monoisotopic (exact) mass is 405 g/mol. The molecule has 0 aliphatic carbocycles. The van der Waals surface area contributed by atoms with Crippen molar-refractivity contribution in [1.82, 2.24) is 10.3 Å². The Labute approximate surface area is 160 Å². The molecule has 130 valence electrons. The average Bonchev–Trinajstić information content (AvgIpc) is 2.83. The molecular formula is C16H18Cl3N3OS. The van der Waals surface area contributed by atoms with Crippen molar-refractivity contribution in [3.8, 4) is 0 Å². The second-order valence-electron chi connectivity index (χ2n) is 5.53. The summed E-state index contributed by atoms with van der Waals surface area (Å²) in [5.41, 5.74) is 1.42. The standard InChI is InChI=1S/C16H18Cl3N3OS/c1-7(15-8(2)21-10(4)24-15)20-9(3)16(23)22-14-6-12(18)11(17)5-13(14)19/h5-7,9,20H,1-4H3,(H,22,23). The number of nitrogens with one attached hydrogen (secondary N) is 2. The molecule has 4 nitrogen and oxygen atoms in total. The molecule has 0 saturated heterocycles. The van der Waals surface area contributed by atoms with Crippen LogP contribution in [-0.4, -0.2) is 16.9 Å². The maximum absolute atomic E-state index is 12.4. The summed E-state index contributed by atoms with van der Waals surface area (Å²) in [4.78, 5) is 17.9. The van der Waals surface area contributed by atoms with Gasteiger partial charge in [-0.2, -0.15) is 0 Å². The van der Waals surface area contributed by atoms with Gasteiger partial charge >= 0.3 is 0 Å². The number of aromatic nitrogens is 1. The zero-order chi connectivity index (χ0) is 18.0. The Hall–Kier alpha value is -0.850. The second kappa shape index (κ2) is 8.02. The molecule has 0 fully saturated rings. The van der Waals surface area contributed by atoms with E-state index in [-0.39, 0.29) is 11.9 Å². The minimum atomic E-state index is -0.424. The number of thiazole rings is 1. The van der Waals surface area contributed by atoms with Crippen LogP contribution in [0, 0.1) is 13.8 Å². The van der Waals surface area contributed by atoms with Gasteiger partial charge in [-0.3, -0.25) is 10.1 Å². The minimum Gasteiger partial charge on any atom is -0.323 e. The van der Waals surface area contributed by atoms with Crippen molar-refractivity contribution in [2.24, 2.45) is 0 Å². The number of rotatable bonds is 5. The third-order valence-electron chi connectivity index (χ3n) is 3.49. The van der Waals surface area contributed by atoms with Gasteiger partial charge in [-0.25, -0.2) is 4.98 Å². The van der Waals surface area contributed by atoms with Crippen molar-refractivity contribution < 1.29 is 4.79 Å². The van der Waals surface area contributed by atoms with Gasteiger partial charge in [0.1, 0.15) is 0 Å². The highest BCUT2D eigenvalue weighted by molar-refractivity contribution is 7.11. The first-order chi connectivity index (χ1) is 11.2. The lowest BCUT2D eigenvalue weighted by atomic mass is 10.2. The van der Waals surface area contributed by atoms with E-state index in [2.05, 4.69) is 15.6 Å². The zero-order valence-corrected chi connectivity index (χ0v) is 16.8. The van der Waals surface area contributed by atoms with E-state index in [1.165, 1.54) is 12.1 Å². The van der Waals surface area contributed by atoms with Gasteiger partial charge in [-0.1, -0.05) is 34.8 Å². The summed E-state index contributed by atoms with van der Waals surface area (Å²) in [7, 11) is 0. The maximum atomic E-state index is 12.4. The van der Waals surface area contributed by atoms with Crippen LogP contribution in [0.15, 0.2) is 12.1 Å². The first-order valence-corrected chi connectivity index (χ1v) is 9.29. The van der Waals surface area contributed by atoms with Crippen molar-refractivity contribution in [3.63, 3.8) is 0 Å². The number of benzene rings is 1. The molecule has 0 aliphatic heterocycles. The Bertz CT molecular complexity index is 763. The van der Waals surface area contributed by atoms with Crippen LogP contribution in [0.1, 0.15) is 35.5 Å². The number of hydrogen-bond acceptors (Lipinski definition) is 4. The lowest BCUT2D eigenvalue weighted by Gasteiger charge is -2.19. The fraction of sp³-hybridized carbons (Fsp3) is 0.375. The molecule has 2 unspecified atom stereocenters. The van der Waals surface area contributed by atoms with Gasteiger partial charge in [0.15, 0.2) is 0 Å². The summed E-state index contributed by atoms with van der Waals surface area (Å²) >= 11 is 19.6. The lowest BCUT2D eigenvalue weighted by molar-refractivity contribution is -0.117. The Balaban J connectivity index is 2.05. The maximum Gasteiger partial charge on any atom is 0.241 e. The molecule has 0 radical (unpaired) electrons. The number of nitrogens with zero attached hydrogens (tertiary/aromatic N) is 1. The van der Waals surface area contributed by atoms with Crippen LogP contribution < -0.4 is 10.6 Å². The molecule has 1 amide bonds. The molecule has 1 aromatic heterocycles. The number of carbonyl (C=O) groups excluding carboxylic acids is 1. The molecule has 8 heteroatoms. The summed E-state index contributed by atoms with van der Waals surface area (Å²) in [6.45, 7) is 7.74. The van der Waals surface area contributed by atoms with Crippen molar-refractivity contribution in [1.29, 1.82) is 0 Å². The van der Waals surface area contributed by atoms with Crippen molar-refractivity contribution in [2.45, 2.75) is 39.8 Å². The molecule has 0 aliphatic rings. The van der Waals surface area contributed by atoms with Gasteiger partial charge < -0.3 is 5.32 Å². The van der Waals surface area contributed by atoms with E-state index in [1.807, 2.05) is 20.8 Å². The van der Waals surface area contributed by atoms with E-state index in [0.717, 1.165) is 15.6 Å².